The van der Waals surface area contributed by atoms with E-state index in [4.69, 9.17) is 4.74 Å². The molecule has 0 heterocycles. The quantitative estimate of drug-likeness (QED) is 0.318. The Morgan fingerprint density at radius 1 is 1.10 bits per heavy atom. The van der Waals surface area contributed by atoms with Crippen molar-refractivity contribution in [2.24, 2.45) is 52.3 Å². The van der Waals surface area contributed by atoms with Crippen LogP contribution in [0, 0.1) is 63.9 Å². The van der Waals surface area contributed by atoms with Crippen LogP contribution in [0.15, 0.2) is 23.1 Å². The maximum atomic E-state index is 13.4. The molecule has 9 heteroatoms. The Labute approximate surface area is 246 Å². The van der Waals surface area contributed by atoms with Gasteiger partial charge in [0.1, 0.15) is 11.4 Å². The maximum absolute atomic E-state index is 13.4. The number of fused-ring (bicyclic) bond motifs is 5. The lowest BCUT2D eigenvalue weighted by molar-refractivity contribution is -0.203. The van der Waals surface area contributed by atoms with Crippen LogP contribution >= 0.6 is 0 Å². The number of amides is 1. The van der Waals surface area contributed by atoms with Crippen molar-refractivity contribution in [3.05, 3.63) is 29.8 Å². The number of ether oxygens (including phenoxy) is 1. The highest BCUT2D eigenvalue weighted by molar-refractivity contribution is 7.90. The molecule has 6 nitrogen and oxygen atoms in total. The number of rotatable bonds is 7. The minimum Gasteiger partial charge on any atom is -0.588 e. The number of hydrogen-bond acceptors (Lipinski definition) is 5. The fourth-order valence-corrected chi connectivity index (χ4v) is 11.0. The number of carbonyl (C=O) groups is 1. The van der Waals surface area contributed by atoms with Crippen LogP contribution in [0.3, 0.4) is 0 Å². The van der Waals surface area contributed by atoms with Crippen molar-refractivity contribution < 1.29 is 33.1 Å². The van der Waals surface area contributed by atoms with E-state index in [2.05, 4.69) is 32.4 Å². The number of benzene rings is 1. The lowest BCUT2D eigenvalue weighted by Gasteiger charge is -2.64. The zero-order valence-electron chi connectivity index (χ0n) is 24.8. The van der Waals surface area contributed by atoms with Gasteiger partial charge in [0, 0.05) is 6.07 Å². The summed E-state index contributed by atoms with van der Waals surface area (Å²) in [4.78, 5) is 12.2. The summed E-state index contributed by atoms with van der Waals surface area (Å²) in [6.07, 6.45) is 7.39. The second-order valence-electron chi connectivity index (χ2n) is 14.0. The van der Waals surface area contributed by atoms with E-state index in [0.29, 0.717) is 41.9 Å². The molecule has 0 aromatic heterocycles. The third-order valence-corrected chi connectivity index (χ3v) is 13.3. The SMILES string of the molecule is CC[C@@H]1C2C[C@H](O)CCC2(C)[C@H]2CCC3(C)[C@@H]([C@H](C)CCOC(=O)N[S+]([O-])c4ccc(F)c(F)c4)CC[C@H]3C2[C@@H]1O. The molecule has 4 fully saturated rings. The van der Waals surface area contributed by atoms with E-state index in [1.54, 1.807) is 0 Å². The number of carbonyl (C=O) groups excluding carboxylic acids is 1. The molecule has 0 bridgehead atoms. The highest BCUT2D eigenvalue weighted by atomic mass is 32.2. The second kappa shape index (κ2) is 11.9. The van der Waals surface area contributed by atoms with Crippen molar-refractivity contribution in [3.8, 4) is 0 Å². The number of nitrogens with one attached hydrogen (secondary N) is 1. The molecule has 230 valence electrons. The van der Waals surface area contributed by atoms with Crippen molar-refractivity contribution >= 4 is 17.5 Å². The summed E-state index contributed by atoms with van der Waals surface area (Å²) in [6, 6.07) is 2.82. The molecule has 4 saturated carbocycles. The summed E-state index contributed by atoms with van der Waals surface area (Å²) in [5, 5.41) is 22.4. The van der Waals surface area contributed by atoms with Gasteiger partial charge in [0.2, 0.25) is 0 Å². The van der Waals surface area contributed by atoms with E-state index in [0.717, 1.165) is 69.6 Å². The van der Waals surface area contributed by atoms with Crippen LogP contribution in [0.2, 0.25) is 0 Å². The fourth-order valence-electron chi connectivity index (χ4n) is 10.2. The van der Waals surface area contributed by atoms with Crippen LogP contribution < -0.4 is 4.72 Å². The van der Waals surface area contributed by atoms with Gasteiger partial charge in [-0.05, 0) is 116 Å². The fraction of sp³-hybridized carbons (Fsp3) is 0.781. The van der Waals surface area contributed by atoms with Crippen LogP contribution in [-0.2, 0) is 16.1 Å². The Bertz CT molecular complexity index is 1110. The Balaban J connectivity index is 1.20. The molecule has 1 aromatic carbocycles. The zero-order valence-corrected chi connectivity index (χ0v) is 25.6. The van der Waals surface area contributed by atoms with Crippen molar-refractivity contribution in [2.75, 3.05) is 6.61 Å². The first kappa shape index (κ1) is 31.0. The molecular formula is C32H47F2NO5S. The molecule has 5 unspecified atom stereocenters. The van der Waals surface area contributed by atoms with Crippen LogP contribution in [0.4, 0.5) is 13.6 Å². The molecule has 41 heavy (non-hydrogen) atoms. The van der Waals surface area contributed by atoms with Crippen LogP contribution in [0.1, 0.15) is 85.5 Å². The van der Waals surface area contributed by atoms with Gasteiger partial charge in [-0.2, -0.15) is 0 Å². The Kier molecular flexibility index (Phi) is 9.03. The van der Waals surface area contributed by atoms with Crippen molar-refractivity contribution in [1.82, 2.24) is 4.72 Å². The predicted molar refractivity (Wildman–Crippen MR) is 153 cm³/mol. The summed E-state index contributed by atoms with van der Waals surface area (Å²) < 4.78 is 46.4. The number of aliphatic hydroxyl groups is 2. The second-order valence-corrected chi connectivity index (χ2v) is 15.2. The zero-order chi connectivity index (χ0) is 29.7. The average Bonchev–Trinajstić information content (AvgIpc) is 3.28. The third-order valence-electron chi connectivity index (χ3n) is 12.2. The van der Waals surface area contributed by atoms with E-state index in [1.165, 1.54) is 0 Å². The molecule has 0 radical (unpaired) electrons. The molecule has 3 N–H and O–H groups in total. The molecule has 12 atom stereocenters. The van der Waals surface area contributed by atoms with Crippen molar-refractivity contribution in [1.29, 1.82) is 0 Å². The average molecular weight is 596 g/mol. The van der Waals surface area contributed by atoms with E-state index in [9.17, 15) is 28.3 Å². The standard InChI is InChI=1S/C32H47F2NO5S/c1-5-21-25-16-19(36)10-13-32(25,4)24-11-14-31(3)22(7-8-23(31)28(24)29(21)37)18(2)12-15-40-30(38)35-41(39)20-6-9-26(33)27(34)17-20/h6,9,17-19,21-25,28-29,36-37H,5,7-8,10-16H2,1-4H3,(H,35,38)/t18-,19-,21-,22-,23+,24+,25?,28?,29-,31?,32?,41?/m1/s1. The summed E-state index contributed by atoms with van der Waals surface area (Å²) >= 11 is -2.05. The van der Waals surface area contributed by atoms with Gasteiger partial charge in [0.15, 0.2) is 16.5 Å². The first-order chi connectivity index (χ1) is 19.4. The largest absolute Gasteiger partial charge is 0.588 e. The van der Waals surface area contributed by atoms with E-state index in [1.807, 2.05) is 0 Å². The first-order valence-electron chi connectivity index (χ1n) is 15.6. The maximum Gasteiger partial charge on any atom is 0.449 e. The molecule has 4 aliphatic carbocycles. The van der Waals surface area contributed by atoms with Crippen LogP contribution in [-0.4, -0.2) is 39.7 Å². The van der Waals surface area contributed by atoms with E-state index in [-0.39, 0.29) is 40.5 Å². The Morgan fingerprint density at radius 2 is 1.80 bits per heavy atom. The van der Waals surface area contributed by atoms with Gasteiger partial charge in [0.25, 0.3) is 0 Å². The predicted octanol–water partition coefficient (Wildman–Crippen LogP) is 6.37. The summed E-state index contributed by atoms with van der Waals surface area (Å²) in [7, 11) is 0. The summed E-state index contributed by atoms with van der Waals surface area (Å²) in [5.74, 6) is 0.456. The van der Waals surface area contributed by atoms with Gasteiger partial charge in [-0.15, -0.1) is 4.72 Å². The van der Waals surface area contributed by atoms with Gasteiger partial charge in [-0.3, -0.25) is 0 Å². The first-order valence-corrected chi connectivity index (χ1v) is 16.7. The highest BCUT2D eigenvalue weighted by Gasteiger charge is 2.64. The topological polar surface area (TPSA) is 102 Å². The van der Waals surface area contributed by atoms with Gasteiger partial charge < -0.3 is 19.5 Å². The highest BCUT2D eigenvalue weighted by Crippen LogP contribution is 2.69. The summed E-state index contributed by atoms with van der Waals surface area (Å²) in [6.45, 7) is 9.47. The number of halogens is 2. The molecular weight excluding hydrogens is 548 g/mol. The normalized spacial score (nSPS) is 41.5. The molecule has 4 aliphatic rings. The Morgan fingerprint density at radius 3 is 2.51 bits per heavy atom. The van der Waals surface area contributed by atoms with Gasteiger partial charge in [0.05, 0.1) is 18.8 Å². The van der Waals surface area contributed by atoms with Gasteiger partial charge >= 0.3 is 6.09 Å². The molecule has 5 rings (SSSR count). The van der Waals surface area contributed by atoms with Crippen LogP contribution in [0.25, 0.3) is 0 Å². The summed E-state index contributed by atoms with van der Waals surface area (Å²) in [5.41, 5.74) is 0.295. The number of aliphatic hydroxyl groups excluding tert-OH is 2. The monoisotopic (exact) mass is 595 g/mol. The minimum absolute atomic E-state index is 0.0467. The Hall–Kier alpha value is -1.42. The van der Waals surface area contributed by atoms with Crippen molar-refractivity contribution in [3.63, 3.8) is 0 Å². The smallest absolute Gasteiger partial charge is 0.449 e. The minimum atomic E-state index is -2.05. The third kappa shape index (κ3) is 5.53. The van der Waals surface area contributed by atoms with E-state index >= 15 is 0 Å². The molecule has 0 spiro atoms. The van der Waals surface area contributed by atoms with Crippen molar-refractivity contribution in [2.45, 2.75) is 103 Å². The lowest BCUT2D eigenvalue weighted by Crippen LogP contribution is -2.62. The molecule has 0 saturated heterocycles. The molecule has 0 aliphatic heterocycles. The van der Waals surface area contributed by atoms with E-state index < -0.39 is 29.1 Å². The van der Waals surface area contributed by atoms with Gasteiger partial charge in [-0.1, -0.05) is 34.1 Å². The van der Waals surface area contributed by atoms with Crippen LogP contribution in [0.5, 0.6) is 0 Å². The lowest BCUT2D eigenvalue weighted by atomic mass is 9.41. The number of hydrogen-bond donors (Lipinski definition) is 3. The molecule has 1 amide bonds. The molecule has 1 aromatic rings. The van der Waals surface area contributed by atoms with Gasteiger partial charge in [-0.25, -0.2) is 13.6 Å².